The molecule has 1 heterocycles. The second-order valence-corrected chi connectivity index (χ2v) is 6.70. The number of hydrogen-bond donors (Lipinski definition) is 1. The standard InChI is InChI=1S/C17H23BrN4O/c1-11-16(12(2)22(5)20-11)19-17(23)13(3)21(4)10-14-8-6-7-9-15(14)18/h6-9,13H,10H2,1-5H3,(H,19,23). The molecule has 2 aromatic rings. The quantitative estimate of drug-likeness (QED) is 0.868. The van der Waals surface area contributed by atoms with Crippen LogP contribution in [0.25, 0.3) is 0 Å². The molecule has 0 bridgehead atoms. The number of aromatic nitrogens is 2. The van der Waals surface area contributed by atoms with E-state index in [-0.39, 0.29) is 11.9 Å². The Morgan fingerprint density at radius 1 is 1.39 bits per heavy atom. The minimum atomic E-state index is -0.249. The van der Waals surface area contributed by atoms with Gasteiger partial charge in [-0.3, -0.25) is 14.4 Å². The fourth-order valence-corrected chi connectivity index (χ4v) is 2.82. The molecular weight excluding hydrogens is 356 g/mol. The summed E-state index contributed by atoms with van der Waals surface area (Å²) in [7, 11) is 3.83. The third-order valence-electron chi connectivity index (χ3n) is 4.18. The van der Waals surface area contributed by atoms with Gasteiger partial charge in [0.15, 0.2) is 0 Å². The van der Waals surface area contributed by atoms with Crippen LogP contribution in [0.15, 0.2) is 28.7 Å². The number of aryl methyl sites for hydroxylation is 2. The van der Waals surface area contributed by atoms with Crippen molar-refractivity contribution in [3.05, 3.63) is 45.7 Å². The Labute approximate surface area is 145 Å². The minimum Gasteiger partial charge on any atom is -0.322 e. The van der Waals surface area contributed by atoms with Crippen molar-refractivity contribution >= 4 is 27.5 Å². The lowest BCUT2D eigenvalue weighted by atomic mass is 10.2. The molecule has 1 atom stereocenters. The molecular formula is C17H23BrN4O. The first-order valence-electron chi connectivity index (χ1n) is 7.56. The molecule has 6 heteroatoms. The lowest BCUT2D eigenvalue weighted by Gasteiger charge is -2.24. The van der Waals surface area contributed by atoms with E-state index in [4.69, 9.17) is 0 Å². The highest BCUT2D eigenvalue weighted by molar-refractivity contribution is 9.10. The van der Waals surface area contributed by atoms with Crippen LogP contribution < -0.4 is 5.32 Å². The summed E-state index contributed by atoms with van der Waals surface area (Å²) < 4.78 is 2.83. The second kappa shape index (κ2) is 7.27. The molecule has 1 N–H and O–H groups in total. The van der Waals surface area contributed by atoms with Crippen molar-refractivity contribution in [3.8, 4) is 0 Å². The molecule has 1 aromatic carbocycles. The average Bonchev–Trinajstić information content (AvgIpc) is 2.75. The van der Waals surface area contributed by atoms with Crippen molar-refractivity contribution in [2.75, 3.05) is 12.4 Å². The second-order valence-electron chi connectivity index (χ2n) is 5.84. The zero-order chi connectivity index (χ0) is 17.1. The molecule has 23 heavy (non-hydrogen) atoms. The van der Waals surface area contributed by atoms with Gasteiger partial charge in [0.05, 0.1) is 23.1 Å². The molecule has 0 saturated carbocycles. The molecule has 1 amide bonds. The van der Waals surface area contributed by atoms with E-state index in [2.05, 4.69) is 32.4 Å². The number of nitrogens with zero attached hydrogens (tertiary/aromatic N) is 3. The van der Waals surface area contributed by atoms with Crippen molar-refractivity contribution in [2.45, 2.75) is 33.4 Å². The smallest absolute Gasteiger partial charge is 0.241 e. The maximum atomic E-state index is 12.5. The molecule has 124 valence electrons. The highest BCUT2D eigenvalue weighted by Gasteiger charge is 2.21. The summed E-state index contributed by atoms with van der Waals surface area (Å²) in [5.41, 5.74) is 3.75. The molecule has 0 aliphatic heterocycles. The highest BCUT2D eigenvalue weighted by Crippen LogP contribution is 2.20. The first kappa shape index (κ1) is 17.7. The average molecular weight is 379 g/mol. The Bertz CT molecular complexity index is 711. The monoisotopic (exact) mass is 378 g/mol. The summed E-state index contributed by atoms with van der Waals surface area (Å²) in [6.45, 7) is 6.46. The molecule has 1 aromatic heterocycles. The van der Waals surface area contributed by atoms with Gasteiger partial charge in [-0.1, -0.05) is 34.1 Å². The summed E-state index contributed by atoms with van der Waals surface area (Å²) in [5.74, 6) is -0.0289. The number of anilines is 1. The number of benzene rings is 1. The molecule has 5 nitrogen and oxygen atoms in total. The molecule has 0 radical (unpaired) electrons. The van der Waals surface area contributed by atoms with Gasteiger partial charge in [-0.05, 0) is 39.4 Å². The van der Waals surface area contributed by atoms with Gasteiger partial charge >= 0.3 is 0 Å². The first-order valence-corrected chi connectivity index (χ1v) is 8.35. The maximum absolute atomic E-state index is 12.5. The third kappa shape index (κ3) is 4.00. The van der Waals surface area contributed by atoms with Crippen LogP contribution in [-0.4, -0.2) is 33.7 Å². The van der Waals surface area contributed by atoms with Crippen LogP contribution in [0, 0.1) is 13.8 Å². The summed E-state index contributed by atoms with van der Waals surface area (Å²) in [5, 5.41) is 7.33. The van der Waals surface area contributed by atoms with Crippen molar-refractivity contribution in [3.63, 3.8) is 0 Å². The Morgan fingerprint density at radius 3 is 2.61 bits per heavy atom. The molecule has 0 aliphatic rings. The third-order valence-corrected chi connectivity index (χ3v) is 4.95. The van der Waals surface area contributed by atoms with Crippen LogP contribution in [0.2, 0.25) is 0 Å². The van der Waals surface area contributed by atoms with E-state index in [9.17, 15) is 4.79 Å². The first-order chi connectivity index (χ1) is 10.8. The predicted octanol–water partition coefficient (Wildman–Crippen LogP) is 3.26. The summed E-state index contributed by atoms with van der Waals surface area (Å²) >= 11 is 3.55. The van der Waals surface area contributed by atoms with Crippen molar-refractivity contribution < 1.29 is 4.79 Å². The molecule has 2 rings (SSSR count). The lowest BCUT2D eigenvalue weighted by molar-refractivity contribution is -0.120. The van der Waals surface area contributed by atoms with Gasteiger partial charge in [-0.15, -0.1) is 0 Å². The molecule has 0 spiro atoms. The van der Waals surface area contributed by atoms with Crippen LogP contribution in [-0.2, 0) is 18.4 Å². The van der Waals surface area contributed by atoms with Gasteiger partial charge in [0.1, 0.15) is 0 Å². The van der Waals surface area contributed by atoms with Gasteiger partial charge in [-0.2, -0.15) is 5.10 Å². The number of likely N-dealkylation sites (N-methyl/N-ethyl adjacent to an activating group) is 1. The number of nitrogens with one attached hydrogen (secondary N) is 1. The van der Waals surface area contributed by atoms with E-state index in [0.717, 1.165) is 27.1 Å². The Balaban J connectivity index is 2.06. The highest BCUT2D eigenvalue weighted by atomic mass is 79.9. The minimum absolute atomic E-state index is 0.0289. The van der Waals surface area contributed by atoms with E-state index in [1.54, 1.807) is 4.68 Å². The number of amides is 1. The largest absolute Gasteiger partial charge is 0.322 e. The van der Waals surface area contributed by atoms with Crippen LogP contribution in [0.1, 0.15) is 23.9 Å². The predicted molar refractivity (Wildman–Crippen MR) is 96.4 cm³/mol. The number of halogens is 1. The van der Waals surface area contributed by atoms with Crippen LogP contribution in [0.4, 0.5) is 5.69 Å². The summed E-state index contributed by atoms with van der Waals surface area (Å²) in [4.78, 5) is 14.6. The fraction of sp³-hybridized carbons (Fsp3) is 0.412. The summed E-state index contributed by atoms with van der Waals surface area (Å²) in [6, 6.07) is 7.80. The molecule has 0 aliphatic carbocycles. The number of carbonyl (C=O) groups is 1. The van der Waals surface area contributed by atoms with Crippen LogP contribution in [0.3, 0.4) is 0 Å². The topological polar surface area (TPSA) is 50.2 Å². The Morgan fingerprint density at radius 2 is 2.04 bits per heavy atom. The Hall–Kier alpha value is -1.66. The lowest BCUT2D eigenvalue weighted by Crippen LogP contribution is -2.39. The zero-order valence-electron chi connectivity index (χ0n) is 14.2. The van der Waals surface area contributed by atoms with Gasteiger partial charge in [0.25, 0.3) is 0 Å². The Kier molecular flexibility index (Phi) is 5.59. The zero-order valence-corrected chi connectivity index (χ0v) is 15.8. The van der Waals surface area contributed by atoms with E-state index in [1.807, 2.05) is 58.0 Å². The van der Waals surface area contributed by atoms with Gasteiger partial charge in [0.2, 0.25) is 5.91 Å². The SMILES string of the molecule is Cc1nn(C)c(C)c1NC(=O)C(C)N(C)Cc1ccccc1Br. The number of rotatable bonds is 5. The number of carbonyl (C=O) groups excluding carboxylic acids is 1. The van der Waals surface area contributed by atoms with Crippen LogP contribution in [0.5, 0.6) is 0 Å². The van der Waals surface area contributed by atoms with Crippen molar-refractivity contribution in [1.82, 2.24) is 14.7 Å². The van der Waals surface area contributed by atoms with E-state index < -0.39 is 0 Å². The van der Waals surface area contributed by atoms with E-state index >= 15 is 0 Å². The maximum Gasteiger partial charge on any atom is 0.241 e. The normalized spacial score (nSPS) is 12.5. The van der Waals surface area contributed by atoms with E-state index in [1.165, 1.54) is 0 Å². The molecule has 0 saturated heterocycles. The van der Waals surface area contributed by atoms with Gasteiger partial charge < -0.3 is 5.32 Å². The fourth-order valence-electron chi connectivity index (χ4n) is 2.41. The van der Waals surface area contributed by atoms with Crippen molar-refractivity contribution in [1.29, 1.82) is 0 Å². The van der Waals surface area contributed by atoms with E-state index in [0.29, 0.717) is 6.54 Å². The van der Waals surface area contributed by atoms with Crippen LogP contribution >= 0.6 is 15.9 Å². The van der Waals surface area contributed by atoms with Gasteiger partial charge in [0, 0.05) is 18.1 Å². The molecule has 0 fully saturated rings. The summed E-state index contributed by atoms with van der Waals surface area (Å²) in [6.07, 6.45) is 0. The van der Waals surface area contributed by atoms with Gasteiger partial charge in [-0.25, -0.2) is 0 Å². The number of hydrogen-bond acceptors (Lipinski definition) is 3. The van der Waals surface area contributed by atoms with Crippen molar-refractivity contribution in [2.24, 2.45) is 7.05 Å². The molecule has 1 unspecified atom stereocenters.